The molecule has 116 valence electrons. The van der Waals surface area contributed by atoms with E-state index in [9.17, 15) is 4.79 Å². The standard InChI is InChI=1S/C15H13Cl3N2O2/c1-8(22-14-5-3-9(16)6-11(14)18)15(21)20-13-4-2-10(17)7-12(13)19/h2-8H,19H2,1H3,(H,20,21). The van der Waals surface area contributed by atoms with E-state index in [1.54, 1.807) is 43.3 Å². The molecule has 0 aromatic heterocycles. The van der Waals surface area contributed by atoms with E-state index in [1.165, 1.54) is 0 Å². The van der Waals surface area contributed by atoms with E-state index >= 15 is 0 Å². The summed E-state index contributed by atoms with van der Waals surface area (Å²) in [7, 11) is 0. The molecule has 0 aliphatic carbocycles. The summed E-state index contributed by atoms with van der Waals surface area (Å²) in [5, 5.41) is 3.99. The largest absolute Gasteiger partial charge is 0.479 e. The average molecular weight is 360 g/mol. The summed E-state index contributed by atoms with van der Waals surface area (Å²) in [6, 6.07) is 9.58. The van der Waals surface area contributed by atoms with Gasteiger partial charge in [-0.1, -0.05) is 34.8 Å². The molecule has 7 heteroatoms. The van der Waals surface area contributed by atoms with Crippen molar-refractivity contribution in [2.75, 3.05) is 11.1 Å². The van der Waals surface area contributed by atoms with Crippen molar-refractivity contribution in [3.63, 3.8) is 0 Å². The number of halogens is 3. The number of carbonyl (C=O) groups is 1. The van der Waals surface area contributed by atoms with Gasteiger partial charge in [0.2, 0.25) is 0 Å². The molecule has 3 N–H and O–H groups in total. The van der Waals surface area contributed by atoms with Crippen LogP contribution in [0.2, 0.25) is 15.1 Å². The van der Waals surface area contributed by atoms with Crippen LogP contribution in [0.1, 0.15) is 6.92 Å². The zero-order valence-corrected chi connectivity index (χ0v) is 13.8. The van der Waals surface area contributed by atoms with Crippen molar-refractivity contribution < 1.29 is 9.53 Å². The molecule has 0 heterocycles. The number of anilines is 2. The quantitative estimate of drug-likeness (QED) is 0.782. The molecule has 1 unspecified atom stereocenters. The average Bonchev–Trinajstić information content (AvgIpc) is 2.44. The number of rotatable bonds is 4. The Morgan fingerprint density at radius 2 is 1.77 bits per heavy atom. The third kappa shape index (κ3) is 4.19. The molecule has 0 saturated heterocycles. The molecule has 0 fully saturated rings. The zero-order valence-electron chi connectivity index (χ0n) is 11.6. The van der Waals surface area contributed by atoms with E-state index in [2.05, 4.69) is 5.32 Å². The summed E-state index contributed by atoms with van der Waals surface area (Å²) in [5.74, 6) is 0.0119. The second kappa shape index (κ2) is 7.09. The van der Waals surface area contributed by atoms with Gasteiger partial charge in [0.05, 0.1) is 16.4 Å². The van der Waals surface area contributed by atoms with Gasteiger partial charge in [-0.15, -0.1) is 0 Å². The SMILES string of the molecule is CC(Oc1ccc(Cl)cc1Cl)C(=O)Nc1ccc(Cl)cc1N. The van der Waals surface area contributed by atoms with Crippen LogP contribution in [0, 0.1) is 0 Å². The molecule has 2 rings (SSSR count). The fraction of sp³-hybridized carbons (Fsp3) is 0.133. The van der Waals surface area contributed by atoms with Crippen molar-refractivity contribution in [2.24, 2.45) is 0 Å². The molecule has 4 nitrogen and oxygen atoms in total. The van der Waals surface area contributed by atoms with E-state index in [1.807, 2.05) is 0 Å². The number of hydrogen-bond acceptors (Lipinski definition) is 3. The van der Waals surface area contributed by atoms with Crippen LogP contribution in [0.25, 0.3) is 0 Å². The zero-order chi connectivity index (χ0) is 16.3. The minimum atomic E-state index is -0.770. The van der Waals surface area contributed by atoms with E-state index in [0.29, 0.717) is 32.2 Å². The van der Waals surface area contributed by atoms with Crippen molar-refractivity contribution in [1.29, 1.82) is 0 Å². The summed E-state index contributed by atoms with van der Waals surface area (Å²) in [4.78, 5) is 12.1. The number of nitrogens with one attached hydrogen (secondary N) is 1. The lowest BCUT2D eigenvalue weighted by Gasteiger charge is -2.16. The lowest BCUT2D eigenvalue weighted by molar-refractivity contribution is -0.122. The van der Waals surface area contributed by atoms with Crippen molar-refractivity contribution in [3.8, 4) is 5.75 Å². The number of nitrogens with two attached hydrogens (primary N) is 1. The lowest BCUT2D eigenvalue weighted by Crippen LogP contribution is -2.30. The van der Waals surface area contributed by atoms with Crippen molar-refractivity contribution in [1.82, 2.24) is 0 Å². The predicted molar refractivity (Wildman–Crippen MR) is 91.0 cm³/mol. The minimum Gasteiger partial charge on any atom is -0.479 e. The number of hydrogen-bond donors (Lipinski definition) is 2. The highest BCUT2D eigenvalue weighted by atomic mass is 35.5. The van der Waals surface area contributed by atoms with Crippen LogP contribution in [-0.4, -0.2) is 12.0 Å². The second-order valence-corrected chi connectivity index (χ2v) is 5.84. The van der Waals surface area contributed by atoms with E-state index in [0.717, 1.165) is 0 Å². The Bertz CT molecular complexity index is 707. The first-order valence-electron chi connectivity index (χ1n) is 6.34. The van der Waals surface area contributed by atoms with Crippen LogP contribution in [0.5, 0.6) is 5.75 Å². The smallest absolute Gasteiger partial charge is 0.265 e. The van der Waals surface area contributed by atoms with Gasteiger partial charge >= 0.3 is 0 Å². The molecule has 0 spiro atoms. The first-order chi connectivity index (χ1) is 10.4. The summed E-state index contributed by atoms with van der Waals surface area (Å²) in [6.07, 6.45) is -0.770. The number of carbonyl (C=O) groups excluding carboxylic acids is 1. The Morgan fingerprint density at radius 1 is 1.14 bits per heavy atom. The number of ether oxygens (including phenoxy) is 1. The minimum absolute atomic E-state index is 0.332. The van der Waals surface area contributed by atoms with Crippen molar-refractivity contribution >= 4 is 52.1 Å². The maximum absolute atomic E-state index is 12.1. The first-order valence-corrected chi connectivity index (χ1v) is 7.48. The van der Waals surface area contributed by atoms with Gasteiger partial charge in [-0.05, 0) is 43.3 Å². The maximum Gasteiger partial charge on any atom is 0.265 e. The topological polar surface area (TPSA) is 64.3 Å². The molecular formula is C15H13Cl3N2O2. The lowest BCUT2D eigenvalue weighted by atomic mass is 10.2. The van der Waals surface area contributed by atoms with Crippen LogP contribution in [-0.2, 0) is 4.79 Å². The van der Waals surface area contributed by atoms with Gasteiger partial charge in [0.15, 0.2) is 6.10 Å². The van der Waals surface area contributed by atoms with Gasteiger partial charge in [0.1, 0.15) is 5.75 Å². The van der Waals surface area contributed by atoms with E-state index < -0.39 is 6.10 Å². The van der Waals surface area contributed by atoms with Crippen LogP contribution >= 0.6 is 34.8 Å². The molecule has 0 bridgehead atoms. The Labute approximate surface area is 143 Å². The first kappa shape index (κ1) is 16.7. The molecule has 0 aliphatic heterocycles. The highest BCUT2D eigenvalue weighted by molar-refractivity contribution is 6.35. The van der Waals surface area contributed by atoms with Crippen LogP contribution in [0.3, 0.4) is 0 Å². The summed E-state index contributed by atoms with van der Waals surface area (Å²) in [5.41, 5.74) is 6.63. The molecule has 0 radical (unpaired) electrons. The Morgan fingerprint density at radius 3 is 2.41 bits per heavy atom. The molecule has 1 atom stereocenters. The highest BCUT2D eigenvalue weighted by Gasteiger charge is 2.17. The van der Waals surface area contributed by atoms with Crippen LogP contribution < -0.4 is 15.8 Å². The van der Waals surface area contributed by atoms with Crippen molar-refractivity contribution in [3.05, 3.63) is 51.5 Å². The Kier molecular flexibility index (Phi) is 5.40. The van der Waals surface area contributed by atoms with E-state index in [-0.39, 0.29) is 5.91 Å². The fourth-order valence-corrected chi connectivity index (χ4v) is 2.33. The molecule has 22 heavy (non-hydrogen) atoms. The third-order valence-corrected chi connectivity index (χ3v) is 3.60. The monoisotopic (exact) mass is 358 g/mol. The summed E-state index contributed by atoms with van der Waals surface area (Å²) in [6.45, 7) is 1.60. The summed E-state index contributed by atoms with van der Waals surface area (Å²) >= 11 is 17.6. The van der Waals surface area contributed by atoms with E-state index in [4.69, 9.17) is 45.3 Å². The number of amides is 1. The molecule has 0 aliphatic rings. The number of benzene rings is 2. The third-order valence-electron chi connectivity index (χ3n) is 2.84. The predicted octanol–water partition coefficient (Wildman–Crippen LogP) is 4.64. The van der Waals surface area contributed by atoms with Crippen molar-refractivity contribution in [2.45, 2.75) is 13.0 Å². The second-order valence-electron chi connectivity index (χ2n) is 4.56. The molecular weight excluding hydrogens is 347 g/mol. The van der Waals surface area contributed by atoms with Gasteiger partial charge in [-0.2, -0.15) is 0 Å². The molecule has 2 aromatic carbocycles. The van der Waals surface area contributed by atoms with Crippen LogP contribution in [0.15, 0.2) is 36.4 Å². The van der Waals surface area contributed by atoms with Gasteiger partial charge in [0.25, 0.3) is 5.91 Å². The maximum atomic E-state index is 12.1. The Balaban J connectivity index is 2.05. The normalized spacial score (nSPS) is 11.8. The van der Waals surface area contributed by atoms with Crippen LogP contribution in [0.4, 0.5) is 11.4 Å². The summed E-state index contributed by atoms with van der Waals surface area (Å²) < 4.78 is 5.53. The molecule has 0 saturated carbocycles. The molecule has 1 amide bonds. The van der Waals surface area contributed by atoms with Gasteiger partial charge in [-0.25, -0.2) is 0 Å². The van der Waals surface area contributed by atoms with Gasteiger partial charge in [-0.3, -0.25) is 4.79 Å². The number of nitrogen functional groups attached to an aromatic ring is 1. The van der Waals surface area contributed by atoms with Gasteiger partial charge < -0.3 is 15.8 Å². The molecule has 2 aromatic rings. The Hall–Kier alpha value is -1.62. The van der Waals surface area contributed by atoms with Gasteiger partial charge in [0, 0.05) is 10.0 Å². The highest BCUT2D eigenvalue weighted by Crippen LogP contribution is 2.29. The fourth-order valence-electron chi connectivity index (χ4n) is 1.70.